The van der Waals surface area contributed by atoms with Crippen molar-refractivity contribution in [3.8, 4) is 0 Å². The average molecular weight is 188 g/mol. The summed E-state index contributed by atoms with van der Waals surface area (Å²) in [5, 5.41) is 0. The molecule has 0 saturated heterocycles. The highest BCUT2D eigenvalue weighted by atomic mass is 79.9. The predicted molar refractivity (Wildman–Crippen MR) is 43.9 cm³/mol. The third-order valence-electron chi connectivity index (χ3n) is 1.08. The van der Waals surface area contributed by atoms with E-state index >= 15 is 0 Å². The largest absolute Gasteiger partial charge is 0.344 e. The van der Waals surface area contributed by atoms with Gasteiger partial charge in [-0.25, -0.2) is 0 Å². The molecule has 0 bridgehead atoms. The molecule has 3 N–H and O–H groups in total. The normalized spacial score (nSPS) is 8.22. The lowest BCUT2D eigenvalue weighted by Crippen LogP contribution is -1.69. The Bertz CT molecular complexity index is 165. The second-order valence-corrected chi connectivity index (χ2v) is 2.60. The van der Waals surface area contributed by atoms with Gasteiger partial charge in [-0.2, -0.15) is 0 Å². The summed E-state index contributed by atoms with van der Waals surface area (Å²) < 4.78 is 1.18. The van der Waals surface area contributed by atoms with Gasteiger partial charge in [0.25, 0.3) is 0 Å². The van der Waals surface area contributed by atoms with E-state index < -0.39 is 0 Å². The van der Waals surface area contributed by atoms with Crippen LogP contribution in [0.4, 0.5) is 0 Å². The molecule has 1 nitrogen and oxygen atoms in total. The van der Waals surface area contributed by atoms with Crippen molar-refractivity contribution in [1.29, 1.82) is 0 Å². The van der Waals surface area contributed by atoms with E-state index in [2.05, 4.69) is 28.9 Å². The molecule has 0 atom stereocenters. The molecule has 1 aromatic carbocycles. The first-order valence-electron chi connectivity index (χ1n) is 2.52. The van der Waals surface area contributed by atoms with Crippen LogP contribution in [0.3, 0.4) is 0 Å². The van der Waals surface area contributed by atoms with Crippen molar-refractivity contribution in [2.45, 2.75) is 6.92 Å². The van der Waals surface area contributed by atoms with Gasteiger partial charge in [-0.05, 0) is 18.6 Å². The van der Waals surface area contributed by atoms with Crippen molar-refractivity contribution in [3.63, 3.8) is 0 Å². The van der Waals surface area contributed by atoms with E-state index in [0.717, 1.165) is 0 Å². The minimum Gasteiger partial charge on any atom is -0.344 e. The van der Waals surface area contributed by atoms with E-state index in [-0.39, 0.29) is 6.15 Å². The van der Waals surface area contributed by atoms with Crippen LogP contribution >= 0.6 is 15.9 Å². The maximum atomic E-state index is 3.40. The average Bonchev–Trinajstić information content (AvgIpc) is 1.77. The molecule has 0 amide bonds. The van der Waals surface area contributed by atoms with Gasteiger partial charge >= 0.3 is 0 Å². The Morgan fingerprint density at radius 1 is 1.22 bits per heavy atom. The summed E-state index contributed by atoms with van der Waals surface area (Å²) in [6.07, 6.45) is 0. The second kappa shape index (κ2) is 3.64. The van der Waals surface area contributed by atoms with Gasteiger partial charge in [-0.15, -0.1) is 0 Å². The zero-order chi connectivity index (χ0) is 5.98. The Labute approximate surface area is 63.8 Å². The summed E-state index contributed by atoms with van der Waals surface area (Å²) in [7, 11) is 0. The lowest BCUT2D eigenvalue weighted by Gasteiger charge is -1.91. The maximum absolute atomic E-state index is 3.40. The second-order valence-electron chi connectivity index (χ2n) is 1.75. The van der Waals surface area contributed by atoms with Gasteiger partial charge in [0.05, 0.1) is 0 Å². The monoisotopic (exact) mass is 187 g/mol. The van der Waals surface area contributed by atoms with Crippen LogP contribution in [0.15, 0.2) is 28.7 Å². The Hall–Kier alpha value is -0.340. The standard InChI is InChI=1S/C7H7Br.H3N/c1-6-4-2-3-5-7(6)8;/h2-5H,1H3;1H3. The highest BCUT2D eigenvalue weighted by molar-refractivity contribution is 9.10. The third kappa shape index (κ3) is 2.16. The fourth-order valence-electron chi connectivity index (χ4n) is 0.551. The molecule has 0 radical (unpaired) electrons. The zero-order valence-corrected chi connectivity index (χ0v) is 6.98. The summed E-state index contributed by atoms with van der Waals surface area (Å²) in [4.78, 5) is 0. The first-order chi connectivity index (χ1) is 3.80. The number of benzene rings is 1. The van der Waals surface area contributed by atoms with Crippen LogP contribution in [0.1, 0.15) is 5.56 Å². The summed E-state index contributed by atoms with van der Waals surface area (Å²) in [5.41, 5.74) is 1.28. The van der Waals surface area contributed by atoms with Crippen molar-refractivity contribution in [2.75, 3.05) is 0 Å². The van der Waals surface area contributed by atoms with Gasteiger partial charge in [0.15, 0.2) is 0 Å². The quantitative estimate of drug-likeness (QED) is 0.667. The minimum atomic E-state index is 0. The van der Waals surface area contributed by atoms with Crippen molar-refractivity contribution >= 4 is 15.9 Å². The van der Waals surface area contributed by atoms with Crippen LogP contribution in [-0.2, 0) is 0 Å². The molecule has 0 aliphatic heterocycles. The van der Waals surface area contributed by atoms with Crippen LogP contribution in [-0.4, -0.2) is 0 Å². The van der Waals surface area contributed by atoms with Crippen LogP contribution in [0.25, 0.3) is 0 Å². The molecule has 50 valence electrons. The van der Waals surface area contributed by atoms with Crippen LogP contribution in [0.2, 0.25) is 0 Å². The summed E-state index contributed by atoms with van der Waals surface area (Å²) in [6, 6.07) is 8.15. The number of halogens is 1. The molecule has 1 aromatic rings. The molecule has 2 heteroatoms. The van der Waals surface area contributed by atoms with Crippen molar-refractivity contribution in [1.82, 2.24) is 6.15 Å². The molecule has 9 heavy (non-hydrogen) atoms. The maximum Gasteiger partial charge on any atom is 0.0204 e. The van der Waals surface area contributed by atoms with Gasteiger partial charge < -0.3 is 6.15 Å². The number of aryl methyl sites for hydroxylation is 1. The Morgan fingerprint density at radius 3 is 2.11 bits per heavy atom. The molecule has 0 spiro atoms. The molecule has 0 unspecified atom stereocenters. The molecule has 1 rings (SSSR count). The fourth-order valence-corrected chi connectivity index (χ4v) is 0.836. The molecular formula is C7H10BrN. The molecule has 0 heterocycles. The summed E-state index contributed by atoms with van der Waals surface area (Å²) in [6.45, 7) is 2.07. The topological polar surface area (TPSA) is 35.0 Å². The van der Waals surface area contributed by atoms with E-state index in [1.54, 1.807) is 0 Å². The van der Waals surface area contributed by atoms with Gasteiger partial charge in [0.2, 0.25) is 0 Å². The zero-order valence-electron chi connectivity index (χ0n) is 5.39. The van der Waals surface area contributed by atoms with Gasteiger partial charge in [0.1, 0.15) is 0 Å². The molecule has 0 aliphatic carbocycles. The van der Waals surface area contributed by atoms with Crippen molar-refractivity contribution in [3.05, 3.63) is 34.3 Å². The molecular weight excluding hydrogens is 178 g/mol. The molecule has 0 saturated carbocycles. The van der Waals surface area contributed by atoms with Crippen LogP contribution in [0.5, 0.6) is 0 Å². The Kier molecular flexibility index (Phi) is 3.50. The van der Waals surface area contributed by atoms with Gasteiger partial charge in [-0.1, -0.05) is 34.1 Å². The lowest BCUT2D eigenvalue weighted by molar-refractivity contribution is 1.43. The van der Waals surface area contributed by atoms with E-state index in [1.807, 2.05) is 18.2 Å². The van der Waals surface area contributed by atoms with Gasteiger partial charge in [0, 0.05) is 4.47 Å². The van der Waals surface area contributed by atoms with Crippen molar-refractivity contribution in [2.24, 2.45) is 0 Å². The predicted octanol–water partition coefficient (Wildman–Crippen LogP) is 2.92. The molecule has 0 aliphatic rings. The minimum absolute atomic E-state index is 0. The number of rotatable bonds is 0. The molecule has 0 fully saturated rings. The Balaban J connectivity index is 0.000000640. The van der Waals surface area contributed by atoms with Crippen molar-refractivity contribution < 1.29 is 0 Å². The fraction of sp³-hybridized carbons (Fsp3) is 0.143. The highest BCUT2D eigenvalue weighted by Gasteiger charge is 1.85. The van der Waals surface area contributed by atoms with E-state index in [9.17, 15) is 0 Å². The first-order valence-corrected chi connectivity index (χ1v) is 3.31. The third-order valence-corrected chi connectivity index (χ3v) is 1.97. The van der Waals surface area contributed by atoms with Crippen LogP contribution in [0, 0.1) is 6.92 Å². The van der Waals surface area contributed by atoms with Gasteiger partial charge in [-0.3, -0.25) is 0 Å². The number of hydrogen-bond donors (Lipinski definition) is 1. The SMILES string of the molecule is Cc1ccccc1Br.N. The number of hydrogen-bond acceptors (Lipinski definition) is 1. The molecule has 0 aromatic heterocycles. The van der Waals surface area contributed by atoms with E-state index in [0.29, 0.717) is 0 Å². The Morgan fingerprint density at radius 2 is 1.78 bits per heavy atom. The van der Waals surface area contributed by atoms with E-state index in [1.165, 1.54) is 10.0 Å². The highest BCUT2D eigenvalue weighted by Crippen LogP contribution is 2.13. The summed E-state index contributed by atoms with van der Waals surface area (Å²) >= 11 is 3.40. The first kappa shape index (κ1) is 8.66. The van der Waals surface area contributed by atoms with E-state index in [4.69, 9.17) is 0 Å². The van der Waals surface area contributed by atoms with Crippen LogP contribution < -0.4 is 6.15 Å². The smallest absolute Gasteiger partial charge is 0.0204 e. The lowest BCUT2D eigenvalue weighted by atomic mass is 10.2. The summed E-state index contributed by atoms with van der Waals surface area (Å²) in [5.74, 6) is 0.